The maximum absolute atomic E-state index is 12.5. The Kier molecular flexibility index (Phi) is 5.86. The molecule has 7 nitrogen and oxygen atoms in total. The van der Waals surface area contributed by atoms with Gasteiger partial charge in [0.1, 0.15) is 5.69 Å². The molecule has 29 heavy (non-hydrogen) atoms. The second-order valence-electron chi connectivity index (χ2n) is 6.50. The van der Waals surface area contributed by atoms with Crippen LogP contribution in [0, 0.1) is 0 Å². The summed E-state index contributed by atoms with van der Waals surface area (Å²) in [6.45, 7) is 2.89. The van der Waals surface area contributed by atoms with Crippen molar-refractivity contribution in [2.45, 2.75) is 0 Å². The fraction of sp³-hybridized carbons (Fsp3) is 0.200. The molecule has 1 N–H and O–H groups in total. The minimum Gasteiger partial charge on any atom is -0.367 e. The zero-order valence-electron chi connectivity index (χ0n) is 15.4. The first-order valence-electron chi connectivity index (χ1n) is 9.06. The molecule has 9 heteroatoms. The highest BCUT2D eigenvalue weighted by molar-refractivity contribution is 9.10. The van der Waals surface area contributed by atoms with Gasteiger partial charge in [0, 0.05) is 41.6 Å². The summed E-state index contributed by atoms with van der Waals surface area (Å²) in [4.78, 5) is 36.0. The van der Waals surface area contributed by atoms with Gasteiger partial charge in [0.25, 0.3) is 5.91 Å². The Hall–Kier alpha value is -2.78. The molecule has 2 amide bonds. The number of carbonyl (C=O) groups excluding carboxylic acids is 2. The maximum atomic E-state index is 12.5. The summed E-state index contributed by atoms with van der Waals surface area (Å²) in [5.74, 6) is -0.296. The molecule has 1 saturated heterocycles. The summed E-state index contributed by atoms with van der Waals surface area (Å²) >= 11 is 4.89. The number of pyridine rings is 1. The molecule has 0 saturated carbocycles. The van der Waals surface area contributed by atoms with Gasteiger partial charge in [-0.1, -0.05) is 34.1 Å². The van der Waals surface area contributed by atoms with E-state index in [4.69, 9.17) is 0 Å². The first-order chi connectivity index (χ1) is 14.1. The van der Waals surface area contributed by atoms with Gasteiger partial charge < -0.3 is 9.80 Å². The van der Waals surface area contributed by atoms with Crippen LogP contribution < -0.4 is 10.2 Å². The molecule has 1 aromatic carbocycles. The van der Waals surface area contributed by atoms with E-state index in [2.05, 4.69) is 36.1 Å². The molecule has 1 aliphatic heterocycles. The van der Waals surface area contributed by atoms with Crippen LogP contribution in [0.15, 0.2) is 52.4 Å². The molecule has 0 unspecified atom stereocenters. The molecule has 3 aromatic rings. The number of anilines is 2. The van der Waals surface area contributed by atoms with E-state index in [9.17, 15) is 9.59 Å². The van der Waals surface area contributed by atoms with E-state index in [1.807, 2.05) is 35.7 Å². The van der Waals surface area contributed by atoms with Crippen LogP contribution in [0.4, 0.5) is 10.8 Å². The Bertz CT molecular complexity index is 1020. The summed E-state index contributed by atoms with van der Waals surface area (Å²) in [5, 5.41) is 5.24. The number of aromatic nitrogens is 2. The van der Waals surface area contributed by atoms with E-state index in [1.165, 1.54) is 11.3 Å². The molecule has 1 aliphatic rings. The third-order valence-electron chi connectivity index (χ3n) is 4.68. The maximum Gasteiger partial charge on any atom is 0.276 e. The van der Waals surface area contributed by atoms with Crippen LogP contribution >= 0.6 is 27.3 Å². The summed E-state index contributed by atoms with van der Waals surface area (Å²) in [6.07, 6.45) is 2.57. The van der Waals surface area contributed by atoms with Crippen LogP contribution in [0.3, 0.4) is 0 Å². The van der Waals surface area contributed by atoms with E-state index in [0.717, 1.165) is 40.9 Å². The molecular weight excluding hydrogens is 454 g/mol. The van der Waals surface area contributed by atoms with Crippen LogP contribution in [-0.4, -0.2) is 53.4 Å². The van der Waals surface area contributed by atoms with Crippen LogP contribution in [-0.2, 0) is 4.79 Å². The zero-order chi connectivity index (χ0) is 20.2. The Morgan fingerprint density at radius 1 is 1.14 bits per heavy atom. The zero-order valence-corrected chi connectivity index (χ0v) is 17.8. The normalized spacial score (nSPS) is 14.0. The number of nitrogens with one attached hydrogen (secondary N) is 1. The van der Waals surface area contributed by atoms with Gasteiger partial charge in [-0.3, -0.25) is 14.9 Å². The molecule has 3 heterocycles. The Labute approximate surface area is 180 Å². The fourth-order valence-electron chi connectivity index (χ4n) is 3.08. The Morgan fingerprint density at radius 3 is 2.62 bits per heavy atom. The second-order valence-corrected chi connectivity index (χ2v) is 8.21. The molecule has 4 rings (SSSR count). The van der Waals surface area contributed by atoms with Gasteiger partial charge in [-0.2, -0.15) is 0 Å². The number of benzene rings is 1. The van der Waals surface area contributed by atoms with Crippen molar-refractivity contribution in [3.63, 3.8) is 0 Å². The highest BCUT2D eigenvalue weighted by atomic mass is 79.9. The first-order valence-corrected chi connectivity index (χ1v) is 10.7. The number of hydrogen-bond acceptors (Lipinski definition) is 6. The van der Waals surface area contributed by atoms with Crippen molar-refractivity contribution in [3.8, 4) is 11.3 Å². The van der Waals surface area contributed by atoms with Crippen molar-refractivity contribution in [1.29, 1.82) is 0 Å². The Morgan fingerprint density at radius 2 is 1.93 bits per heavy atom. The molecule has 148 valence electrons. The van der Waals surface area contributed by atoms with Crippen LogP contribution in [0.1, 0.15) is 10.5 Å². The number of halogens is 1. The van der Waals surface area contributed by atoms with Gasteiger partial charge in [-0.25, -0.2) is 9.97 Å². The molecule has 0 radical (unpaired) electrons. The van der Waals surface area contributed by atoms with Gasteiger partial charge in [-0.05, 0) is 18.2 Å². The second kappa shape index (κ2) is 8.71. The van der Waals surface area contributed by atoms with Crippen molar-refractivity contribution in [2.24, 2.45) is 0 Å². The van der Waals surface area contributed by atoms with Gasteiger partial charge >= 0.3 is 0 Å². The molecule has 0 aliphatic carbocycles. The van der Waals surface area contributed by atoms with Crippen molar-refractivity contribution in [2.75, 3.05) is 36.4 Å². The quantitative estimate of drug-likeness (QED) is 0.576. The summed E-state index contributed by atoms with van der Waals surface area (Å²) in [6, 6.07) is 11.4. The lowest BCUT2D eigenvalue weighted by atomic mass is 10.2. The van der Waals surface area contributed by atoms with Crippen LogP contribution in [0.2, 0.25) is 0 Å². The van der Waals surface area contributed by atoms with E-state index in [1.54, 1.807) is 17.2 Å². The lowest BCUT2D eigenvalue weighted by molar-refractivity contribution is -0.118. The highest BCUT2D eigenvalue weighted by Crippen LogP contribution is 2.30. The Balaban J connectivity index is 1.40. The van der Waals surface area contributed by atoms with Gasteiger partial charge in [0.2, 0.25) is 6.41 Å². The third kappa shape index (κ3) is 4.46. The van der Waals surface area contributed by atoms with E-state index in [0.29, 0.717) is 23.9 Å². The predicted molar refractivity (Wildman–Crippen MR) is 117 cm³/mol. The number of nitrogens with zero attached hydrogens (tertiary/aromatic N) is 4. The number of rotatable bonds is 5. The summed E-state index contributed by atoms with van der Waals surface area (Å²) in [5.41, 5.74) is 3.05. The van der Waals surface area contributed by atoms with Crippen molar-refractivity contribution in [3.05, 3.63) is 58.1 Å². The van der Waals surface area contributed by atoms with E-state index in [-0.39, 0.29) is 5.91 Å². The molecular formula is C20H18BrN5O2S. The standard InChI is InChI=1S/C20H18BrN5O2S/c21-16-4-2-1-3-15(16)18-12-29-20(23-18)24-19(28)17-6-5-14(11-22-17)26-9-7-25(13-27)8-10-26/h1-6,11-13H,7-10H2,(H,23,24,28). The van der Waals surface area contributed by atoms with Crippen molar-refractivity contribution >= 4 is 50.4 Å². The number of amides is 2. The summed E-state index contributed by atoms with van der Waals surface area (Å²) in [7, 11) is 0. The smallest absolute Gasteiger partial charge is 0.276 e. The molecule has 2 aromatic heterocycles. The molecule has 0 spiro atoms. The monoisotopic (exact) mass is 471 g/mol. The SMILES string of the molecule is O=CN1CCN(c2ccc(C(=O)Nc3nc(-c4ccccc4Br)cs3)nc2)CC1. The average Bonchev–Trinajstić information content (AvgIpc) is 3.22. The minimum atomic E-state index is -0.296. The molecule has 0 atom stereocenters. The topological polar surface area (TPSA) is 78.4 Å². The van der Waals surface area contributed by atoms with Crippen LogP contribution in [0.25, 0.3) is 11.3 Å². The number of thiazole rings is 1. The fourth-order valence-corrected chi connectivity index (χ4v) is 4.27. The highest BCUT2D eigenvalue weighted by Gasteiger charge is 2.17. The van der Waals surface area contributed by atoms with Crippen molar-refractivity contribution in [1.82, 2.24) is 14.9 Å². The number of carbonyl (C=O) groups is 2. The van der Waals surface area contributed by atoms with Gasteiger partial charge in [-0.15, -0.1) is 11.3 Å². The lowest BCUT2D eigenvalue weighted by Gasteiger charge is -2.33. The third-order valence-corrected chi connectivity index (χ3v) is 6.13. The number of piperazine rings is 1. The van der Waals surface area contributed by atoms with Gasteiger partial charge in [0.05, 0.1) is 17.6 Å². The van der Waals surface area contributed by atoms with Crippen molar-refractivity contribution < 1.29 is 9.59 Å². The molecule has 1 fully saturated rings. The van der Waals surface area contributed by atoms with Crippen LogP contribution in [0.5, 0.6) is 0 Å². The average molecular weight is 472 g/mol. The summed E-state index contributed by atoms with van der Waals surface area (Å²) < 4.78 is 0.953. The number of hydrogen-bond donors (Lipinski definition) is 1. The van der Waals surface area contributed by atoms with E-state index >= 15 is 0 Å². The van der Waals surface area contributed by atoms with E-state index < -0.39 is 0 Å². The minimum absolute atomic E-state index is 0.296. The first kappa shape index (κ1) is 19.5. The largest absolute Gasteiger partial charge is 0.367 e. The molecule has 0 bridgehead atoms. The lowest BCUT2D eigenvalue weighted by Crippen LogP contribution is -2.45. The predicted octanol–water partition coefficient (Wildman–Crippen LogP) is 3.50. The van der Waals surface area contributed by atoms with Gasteiger partial charge in [0.15, 0.2) is 5.13 Å².